The Morgan fingerprint density at radius 2 is 1.88 bits per heavy atom. The number of carbonyl (C=O) groups is 3. The van der Waals surface area contributed by atoms with E-state index in [0.717, 1.165) is 17.7 Å². The Labute approximate surface area is 149 Å². The van der Waals surface area contributed by atoms with Crippen molar-refractivity contribution in [3.05, 3.63) is 28.7 Å². The number of fused-ring (bicyclic) bond motifs is 2. The number of ether oxygens (including phenoxy) is 1. The molecule has 4 rings (SSSR count). The van der Waals surface area contributed by atoms with Crippen molar-refractivity contribution in [2.24, 2.45) is 23.7 Å². The maximum atomic E-state index is 12.9. The van der Waals surface area contributed by atoms with E-state index in [0.29, 0.717) is 10.6 Å². The van der Waals surface area contributed by atoms with Crippen LogP contribution in [0.5, 0.6) is 0 Å². The lowest BCUT2D eigenvalue weighted by Crippen LogP contribution is -2.47. The van der Waals surface area contributed by atoms with E-state index >= 15 is 0 Å². The number of aliphatic carboxylic acids is 1. The number of carboxylic acid groups (broad SMARTS) is 1. The van der Waals surface area contributed by atoms with Gasteiger partial charge >= 0.3 is 11.9 Å². The van der Waals surface area contributed by atoms with Crippen LogP contribution in [0.3, 0.4) is 0 Å². The van der Waals surface area contributed by atoms with E-state index in [1.807, 2.05) is 19.1 Å². The summed E-state index contributed by atoms with van der Waals surface area (Å²) < 4.78 is 5.03. The summed E-state index contributed by atoms with van der Waals surface area (Å²) in [4.78, 5) is 37.5. The van der Waals surface area contributed by atoms with Crippen LogP contribution >= 0.6 is 11.3 Å². The number of nitrogens with one attached hydrogen (secondary N) is 1. The average molecular weight is 363 g/mol. The van der Waals surface area contributed by atoms with E-state index < -0.39 is 23.8 Å². The molecule has 1 fully saturated rings. The highest BCUT2D eigenvalue weighted by Crippen LogP contribution is 2.45. The van der Waals surface area contributed by atoms with Gasteiger partial charge in [0.15, 0.2) is 0 Å². The Balaban J connectivity index is 1.84. The van der Waals surface area contributed by atoms with Gasteiger partial charge in [-0.1, -0.05) is 12.2 Å². The van der Waals surface area contributed by atoms with E-state index in [1.54, 1.807) is 13.0 Å². The summed E-state index contributed by atoms with van der Waals surface area (Å²) in [6.07, 6.45) is 5.51. The Kier molecular flexibility index (Phi) is 4.94. The van der Waals surface area contributed by atoms with Gasteiger partial charge in [-0.05, 0) is 44.6 Å². The summed E-state index contributed by atoms with van der Waals surface area (Å²) in [6, 6.07) is 1.68. The third kappa shape index (κ3) is 3.33. The molecule has 7 heteroatoms. The minimum absolute atomic E-state index is 0.0711. The Bertz CT molecular complexity index is 738. The molecular weight excluding hydrogens is 342 g/mol. The van der Waals surface area contributed by atoms with Gasteiger partial charge in [0.25, 0.3) is 0 Å². The molecule has 1 aromatic rings. The average Bonchev–Trinajstić information content (AvgIpc) is 2.95. The highest BCUT2D eigenvalue weighted by Gasteiger charge is 2.48. The molecule has 1 saturated carbocycles. The second-order valence-corrected chi connectivity index (χ2v) is 7.75. The second-order valence-electron chi connectivity index (χ2n) is 6.49. The number of carbonyl (C=O) groups excluding carboxylic acids is 2. The highest BCUT2D eigenvalue weighted by atomic mass is 32.1. The van der Waals surface area contributed by atoms with E-state index in [4.69, 9.17) is 4.74 Å². The number of rotatable bonds is 5. The van der Waals surface area contributed by atoms with E-state index in [-0.39, 0.29) is 24.3 Å². The van der Waals surface area contributed by atoms with Crippen LogP contribution in [0.15, 0.2) is 18.2 Å². The maximum absolute atomic E-state index is 12.9. The Morgan fingerprint density at radius 1 is 1.24 bits per heavy atom. The number of anilines is 1. The quantitative estimate of drug-likeness (QED) is 0.619. The summed E-state index contributed by atoms with van der Waals surface area (Å²) in [5.41, 5.74) is 0.320. The normalized spacial score (nSPS) is 27.1. The molecule has 6 nitrogen and oxygen atoms in total. The number of hydrogen-bond donors (Lipinski definition) is 2. The van der Waals surface area contributed by atoms with E-state index in [2.05, 4.69) is 5.32 Å². The summed E-state index contributed by atoms with van der Waals surface area (Å²) in [6.45, 7) is 3.81. The molecule has 134 valence electrons. The highest BCUT2D eigenvalue weighted by molar-refractivity contribution is 7.16. The lowest BCUT2D eigenvalue weighted by molar-refractivity contribution is -0.151. The fourth-order valence-corrected chi connectivity index (χ4v) is 4.75. The summed E-state index contributed by atoms with van der Waals surface area (Å²) in [5.74, 6) is -3.26. The van der Waals surface area contributed by atoms with Gasteiger partial charge in [0.05, 0.1) is 24.0 Å². The fraction of sp³-hybridized carbons (Fsp3) is 0.500. The first kappa shape index (κ1) is 17.7. The molecule has 1 aromatic heterocycles. The first-order chi connectivity index (χ1) is 11.9. The SMILES string of the molecule is CCOC(=O)c1cc(C)sc1NC(=O)C1C2C=CC(CC2)C1C(=O)O. The molecule has 2 N–H and O–H groups in total. The summed E-state index contributed by atoms with van der Waals surface area (Å²) in [7, 11) is 0. The van der Waals surface area contributed by atoms with Gasteiger partial charge in [-0.3, -0.25) is 9.59 Å². The zero-order valence-corrected chi connectivity index (χ0v) is 15.0. The standard InChI is InChI=1S/C18H21NO5S/c1-3-24-18(23)12-8-9(2)25-16(12)19-15(20)13-10-4-6-11(7-5-10)14(13)17(21)22/h4,6,8,10-11,13-14H,3,5,7H2,1-2H3,(H,19,20)(H,21,22). The first-order valence-corrected chi connectivity index (χ1v) is 9.23. The molecule has 3 aliphatic carbocycles. The van der Waals surface area contributed by atoms with Gasteiger partial charge in [0, 0.05) is 4.88 Å². The molecule has 0 saturated heterocycles. The minimum Gasteiger partial charge on any atom is -0.481 e. The van der Waals surface area contributed by atoms with Gasteiger partial charge in [0.1, 0.15) is 5.00 Å². The van der Waals surface area contributed by atoms with E-state index in [9.17, 15) is 19.5 Å². The molecule has 1 amide bonds. The lowest BCUT2D eigenvalue weighted by Gasteiger charge is -2.41. The predicted octanol–water partition coefficient (Wildman–Crippen LogP) is 3.08. The monoisotopic (exact) mass is 363 g/mol. The van der Waals surface area contributed by atoms with Crippen LogP contribution in [0, 0.1) is 30.6 Å². The summed E-state index contributed by atoms with van der Waals surface area (Å²) >= 11 is 1.29. The van der Waals surface area contributed by atoms with Gasteiger partial charge in [-0.15, -0.1) is 11.3 Å². The zero-order valence-electron chi connectivity index (χ0n) is 14.2. The largest absolute Gasteiger partial charge is 0.481 e. The van der Waals surface area contributed by atoms with Crippen LogP contribution in [0.1, 0.15) is 35.0 Å². The number of allylic oxidation sites excluding steroid dienone is 2. The van der Waals surface area contributed by atoms with Crippen molar-refractivity contribution in [1.29, 1.82) is 0 Å². The number of carboxylic acids is 1. The van der Waals surface area contributed by atoms with Gasteiger partial charge in [-0.2, -0.15) is 0 Å². The number of aryl methyl sites for hydroxylation is 1. The van der Waals surface area contributed by atoms with Crippen molar-refractivity contribution in [3.63, 3.8) is 0 Å². The third-order valence-corrected chi connectivity index (χ3v) is 5.89. The topological polar surface area (TPSA) is 92.7 Å². The second kappa shape index (κ2) is 7.00. The van der Waals surface area contributed by atoms with Crippen molar-refractivity contribution < 1.29 is 24.2 Å². The third-order valence-electron chi connectivity index (χ3n) is 4.92. The van der Waals surface area contributed by atoms with Crippen LogP contribution in [-0.4, -0.2) is 29.6 Å². The molecule has 4 atom stereocenters. The first-order valence-electron chi connectivity index (χ1n) is 8.42. The molecule has 25 heavy (non-hydrogen) atoms. The smallest absolute Gasteiger partial charge is 0.341 e. The summed E-state index contributed by atoms with van der Waals surface area (Å²) in [5, 5.41) is 12.8. The lowest BCUT2D eigenvalue weighted by atomic mass is 9.62. The van der Waals surface area contributed by atoms with Crippen molar-refractivity contribution >= 4 is 34.2 Å². The maximum Gasteiger partial charge on any atom is 0.341 e. The molecule has 1 heterocycles. The van der Waals surface area contributed by atoms with Crippen LogP contribution in [0.2, 0.25) is 0 Å². The van der Waals surface area contributed by atoms with Gasteiger partial charge in [-0.25, -0.2) is 4.79 Å². The molecular formula is C18H21NO5S. The Morgan fingerprint density at radius 3 is 2.44 bits per heavy atom. The molecule has 0 aliphatic heterocycles. The molecule has 3 aliphatic rings. The molecule has 4 unspecified atom stereocenters. The van der Waals surface area contributed by atoms with Crippen LogP contribution in [0.4, 0.5) is 5.00 Å². The van der Waals surface area contributed by atoms with Crippen LogP contribution < -0.4 is 5.32 Å². The Hall–Kier alpha value is -2.15. The van der Waals surface area contributed by atoms with Crippen molar-refractivity contribution in [1.82, 2.24) is 0 Å². The number of esters is 1. The van der Waals surface area contributed by atoms with E-state index in [1.165, 1.54) is 11.3 Å². The molecule has 0 aromatic carbocycles. The van der Waals surface area contributed by atoms with Crippen molar-refractivity contribution in [2.75, 3.05) is 11.9 Å². The number of thiophene rings is 1. The zero-order chi connectivity index (χ0) is 18.1. The van der Waals surface area contributed by atoms with Crippen LogP contribution in [0.25, 0.3) is 0 Å². The number of amides is 1. The van der Waals surface area contributed by atoms with Gasteiger partial charge in [0.2, 0.25) is 5.91 Å². The van der Waals surface area contributed by atoms with Crippen molar-refractivity contribution in [3.8, 4) is 0 Å². The van der Waals surface area contributed by atoms with Crippen LogP contribution in [-0.2, 0) is 14.3 Å². The van der Waals surface area contributed by atoms with Gasteiger partial charge < -0.3 is 15.2 Å². The molecule has 2 bridgehead atoms. The van der Waals surface area contributed by atoms with Crippen molar-refractivity contribution in [2.45, 2.75) is 26.7 Å². The molecule has 0 radical (unpaired) electrons. The minimum atomic E-state index is -0.938. The molecule has 0 spiro atoms. The number of hydrogen-bond acceptors (Lipinski definition) is 5. The fourth-order valence-electron chi connectivity index (χ4n) is 3.85. The predicted molar refractivity (Wildman–Crippen MR) is 93.6 cm³/mol.